The second kappa shape index (κ2) is 6.04. The van der Waals surface area contributed by atoms with Gasteiger partial charge in [0.1, 0.15) is 5.82 Å². The highest BCUT2D eigenvalue weighted by molar-refractivity contribution is 5.94. The summed E-state index contributed by atoms with van der Waals surface area (Å²) < 4.78 is 32.7. The van der Waals surface area contributed by atoms with Crippen LogP contribution in [0.15, 0.2) is 36.8 Å². The minimum atomic E-state index is -0.223. The van der Waals surface area contributed by atoms with Crippen LogP contribution in [0.4, 0.5) is 5.82 Å². The van der Waals surface area contributed by atoms with Crippen LogP contribution in [0.25, 0.3) is 22.3 Å². The van der Waals surface area contributed by atoms with Gasteiger partial charge in [-0.3, -0.25) is 9.97 Å². The number of pyridine rings is 2. The van der Waals surface area contributed by atoms with Gasteiger partial charge in [-0.05, 0) is 36.4 Å². The standard InChI is InChI=1S/C19H20N6/c1-2-13(1)15-11-22-12-16-17(15)19(25-9-7-21-8-10-25)24-18(23-16)14-3-5-20-6-4-14/h3-6,11-13,21H,1-2,7-10H2/i3D,4D,5D,12D. The molecule has 2 aliphatic rings. The molecule has 2 fully saturated rings. The SMILES string of the molecule is [2H]c1cnc([2H])c([2H])c1-c1nc(N2CCNCC2)c2c(C3CC3)cnc([2H])c2n1. The zero-order chi connectivity index (χ0) is 20.1. The van der Waals surface area contributed by atoms with Gasteiger partial charge in [-0.1, -0.05) is 0 Å². The topological polar surface area (TPSA) is 66.8 Å². The van der Waals surface area contributed by atoms with Gasteiger partial charge in [0, 0.05) is 55.7 Å². The van der Waals surface area contributed by atoms with E-state index in [0.29, 0.717) is 11.4 Å². The van der Waals surface area contributed by atoms with E-state index in [1.165, 1.54) is 6.20 Å². The Morgan fingerprint density at radius 3 is 2.84 bits per heavy atom. The number of anilines is 1. The second-order valence-corrected chi connectivity index (χ2v) is 6.45. The Kier molecular flexibility index (Phi) is 2.68. The summed E-state index contributed by atoms with van der Waals surface area (Å²) in [7, 11) is 0. The van der Waals surface area contributed by atoms with Gasteiger partial charge in [0.2, 0.25) is 0 Å². The Bertz CT molecular complexity index is 1110. The molecular formula is C19H20N6. The third-order valence-electron chi connectivity index (χ3n) is 4.73. The first kappa shape index (κ1) is 11.1. The van der Waals surface area contributed by atoms with Crippen molar-refractivity contribution in [2.24, 2.45) is 0 Å². The Labute approximate surface area is 152 Å². The molecule has 0 amide bonds. The lowest BCUT2D eigenvalue weighted by Gasteiger charge is -2.30. The summed E-state index contributed by atoms with van der Waals surface area (Å²) in [6.07, 6.45) is 5.04. The molecule has 5 rings (SSSR count). The van der Waals surface area contributed by atoms with Gasteiger partial charge in [-0.15, -0.1) is 0 Å². The van der Waals surface area contributed by atoms with E-state index in [1.807, 2.05) is 0 Å². The summed E-state index contributed by atoms with van der Waals surface area (Å²) in [5.74, 6) is 1.33. The molecule has 0 bridgehead atoms. The predicted molar refractivity (Wildman–Crippen MR) is 97.6 cm³/mol. The van der Waals surface area contributed by atoms with Crippen LogP contribution in [0.2, 0.25) is 0 Å². The average molecular weight is 336 g/mol. The number of nitrogens with zero attached hydrogens (tertiary/aromatic N) is 5. The first-order valence-electron chi connectivity index (χ1n) is 10.6. The van der Waals surface area contributed by atoms with Gasteiger partial charge in [-0.25, -0.2) is 9.97 Å². The van der Waals surface area contributed by atoms with E-state index in [9.17, 15) is 0 Å². The van der Waals surface area contributed by atoms with E-state index < -0.39 is 0 Å². The van der Waals surface area contributed by atoms with E-state index >= 15 is 0 Å². The molecule has 3 aromatic rings. The van der Waals surface area contributed by atoms with E-state index in [1.54, 1.807) is 6.20 Å². The van der Waals surface area contributed by atoms with Crippen LogP contribution in [-0.4, -0.2) is 46.1 Å². The van der Waals surface area contributed by atoms with E-state index in [-0.39, 0.29) is 35.8 Å². The molecule has 4 heterocycles. The number of aromatic nitrogens is 4. The van der Waals surface area contributed by atoms with Crippen molar-refractivity contribution in [1.82, 2.24) is 25.3 Å². The van der Waals surface area contributed by atoms with Gasteiger partial charge in [0.15, 0.2) is 5.82 Å². The lowest BCUT2D eigenvalue weighted by atomic mass is 10.1. The number of hydrogen-bond donors (Lipinski definition) is 1. The number of rotatable bonds is 3. The smallest absolute Gasteiger partial charge is 0.162 e. The molecule has 126 valence electrons. The highest BCUT2D eigenvalue weighted by Gasteiger charge is 2.29. The van der Waals surface area contributed by atoms with E-state index in [0.717, 1.165) is 55.8 Å². The Morgan fingerprint density at radius 2 is 2.00 bits per heavy atom. The number of fused-ring (bicyclic) bond motifs is 1. The minimum Gasteiger partial charge on any atom is -0.353 e. The molecule has 6 nitrogen and oxygen atoms in total. The molecule has 3 aromatic heterocycles. The lowest BCUT2D eigenvalue weighted by Crippen LogP contribution is -2.44. The molecular weight excluding hydrogens is 312 g/mol. The normalized spacial score (nSPS) is 20.1. The van der Waals surface area contributed by atoms with Crippen LogP contribution in [0.1, 0.15) is 29.8 Å². The van der Waals surface area contributed by atoms with Crippen molar-refractivity contribution in [2.45, 2.75) is 18.8 Å². The first-order chi connectivity index (χ1) is 14.0. The summed E-state index contributed by atoms with van der Waals surface area (Å²) in [5, 5.41) is 4.20. The molecule has 1 saturated carbocycles. The number of nitrogens with one attached hydrogen (secondary N) is 1. The zero-order valence-corrected chi connectivity index (χ0v) is 13.7. The third-order valence-corrected chi connectivity index (χ3v) is 4.73. The molecule has 6 heteroatoms. The largest absolute Gasteiger partial charge is 0.353 e. The molecule has 1 saturated heterocycles. The Hall–Kier alpha value is -2.60. The first-order valence-corrected chi connectivity index (χ1v) is 8.60. The predicted octanol–water partition coefficient (Wildman–Crippen LogP) is 2.37. The van der Waals surface area contributed by atoms with Crippen molar-refractivity contribution >= 4 is 16.7 Å². The highest BCUT2D eigenvalue weighted by Crippen LogP contribution is 2.44. The quantitative estimate of drug-likeness (QED) is 0.792. The Balaban J connectivity index is 1.82. The second-order valence-electron chi connectivity index (χ2n) is 6.45. The fourth-order valence-electron chi connectivity index (χ4n) is 3.32. The van der Waals surface area contributed by atoms with Crippen LogP contribution in [-0.2, 0) is 0 Å². The van der Waals surface area contributed by atoms with Gasteiger partial charge in [0.05, 0.1) is 17.2 Å². The summed E-state index contributed by atoms with van der Waals surface area (Å²) in [6, 6.07) is -0.185. The summed E-state index contributed by atoms with van der Waals surface area (Å²) in [4.78, 5) is 19.6. The van der Waals surface area contributed by atoms with Gasteiger partial charge in [-0.2, -0.15) is 0 Å². The highest BCUT2D eigenvalue weighted by atomic mass is 15.2. The fraction of sp³-hybridized carbons (Fsp3) is 0.368. The Morgan fingerprint density at radius 1 is 1.12 bits per heavy atom. The molecule has 1 N–H and O–H groups in total. The molecule has 25 heavy (non-hydrogen) atoms. The van der Waals surface area contributed by atoms with Gasteiger partial charge < -0.3 is 10.2 Å². The van der Waals surface area contributed by atoms with Crippen molar-refractivity contribution in [3.05, 3.63) is 42.4 Å². The maximum Gasteiger partial charge on any atom is 0.162 e. The van der Waals surface area contributed by atoms with Crippen LogP contribution in [0.5, 0.6) is 0 Å². The van der Waals surface area contributed by atoms with E-state index in [2.05, 4.69) is 25.2 Å². The van der Waals surface area contributed by atoms with Crippen molar-refractivity contribution in [3.63, 3.8) is 0 Å². The summed E-state index contributed by atoms with van der Waals surface area (Å²) >= 11 is 0. The van der Waals surface area contributed by atoms with E-state index in [4.69, 9.17) is 10.5 Å². The number of piperazine rings is 1. The summed E-state index contributed by atoms with van der Waals surface area (Å²) in [6.45, 7) is 3.20. The van der Waals surface area contributed by atoms with Crippen LogP contribution < -0.4 is 10.2 Å². The van der Waals surface area contributed by atoms with Crippen molar-refractivity contribution < 1.29 is 5.48 Å². The van der Waals surface area contributed by atoms with Crippen molar-refractivity contribution in [3.8, 4) is 11.4 Å². The van der Waals surface area contributed by atoms with Crippen LogP contribution >= 0.6 is 0 Å². The average Bonchev–Trinajstić information content (AvgIpc) is 3.57. The molecule has 1 aliphatic carbocycles. The maximum atomic E-state index is 8.37. The molecule has 0 spiro atoms. The monoisotopic (exact) mass is 336 g/mol. The summed E-state index contributed by atoms with van der Waals surface area (Å²) in [5.41, 5.74) is 1.68. The van der Waals surface area contributed by atoms with Gasteiger partial charge >= 0.3 is 0 Å². The van der Waals surface area contributed by atoms with Crippen LogP contribution in [0, 0.1) is 0 Å². The molecule has 0 aromatic carbocycles. The molecule has 1 aliphatic heterocycles. The lowest BCUT2D eigenvalue weighted by molar-refractivity contribution is 0.586. The molecule has 0 radical (unpaired) electrons. The minimum absolute atomic E-state index is 0.00514. The van der Waals surface area contributed by atoms with Crippen molar-refractivity contribution in [2.75, 3.05) is 31.1 Å². The zero-order valence-electron chi connectivity index (χ0n) is 17.7. The van der Waals surface area contributed by atoms with Crippen LogP contribution in [0.3, 0.4) is 0 Å². The van der Waals surface area contributed by atoms with Gasteiger partial charge in [0.25, 0.3) is 0 Å². The number of hydrogen-bond acceptors (Lipinski definition) is 6. The molecule has 0 atom stereocenters. The third kappa shape index (κ3) is 2.72. The van der Waals surface area contributed by atoms with Crippen molar-refractivity contribution in [1.29, 1.82) is 0 Å². The molecule has 0 unspecified atom stereocenters. The maximum absolute atomic E-state index is 8.37. The fourth-order valence-corrected chi connectivity index (χ4v) is 3.32.